The molecule has 26 heavy (non-hydrogen) atoms. The largest absolute Gasteiger partial charge is 0.346 e. The lowest BCUT2D eigenvalue weighted by atomic mass is 9.99. The second-order valence-corrected chi connectivity index (χ2v) is 11.2. The molecule has 3 fully saturated rings. The lowest BCUT2D eigenvalue weighted by Gasteiger charge is -2.43. The van der Waals surface area contributed by atoms with Crippen LogP contribution in [0, 0.1) is 17.8 Å². The topological polar surface area (TPSA) is 18.5 Å². The molecule has 1 saturated heterocycles. The van der Waals surface area contributed by atoms with Gasteiger partial charge < -0.3 is 9.47 Å². The van der Waals surface area contributed by atoms with Crippen LogP contribution in [0.25, 0.3) is 0 Å². The molecule has 0 aromatic heterocycles. The molecule has 0 bridgehead atoms. The first kappa shape index (κ1) is 18.7. The first-order valence-corrected chi connectivity index (χ1v) is 12.2. The predicted molar refractivity (Wildman–Crippen MR) is 109 cm³/mol. The highest BCUT2D eigenvalue weighted by Crippen LogP contribution is 2.64. The van der Waals surface area contributed by atoms with Crippen LogP contribution in [0.3, 0.4) is 0 Å². The first-order chi connectivity index (χ1) is 12.8. The van der Waals surface area contributed by atoms with Crippen LogP contribution in [0.5, 0.6) is 0 Å². The van der Waals surface area contributed by atoms with Crippen LogP contribution >= 0.6 is 7.92 Å². The molecule has 142 valence electrons. The fraction of sp³-hybridized carbons (Fsp3) is 0.739. The van der Waals surface area contributed by atoms with Crippen molar-refractivity contribution in [2.75, 3.05) is 13.2 Å². The Hall–Kier alpha value is -0.610. The van der Waals surface area contributed by atoms with Crippen molar-refractivity contribution in [3.05, 3.63) is 23.5 Å². The van der Waals surface area contributed by atoms with Gasteiger partial charge >= 0.3 is 0 Å². The van der Waals surface area contributed by atoms with Gasteiger partial charge in [-0.15, -0.1) is 0 Å². The minimum Gasteiger partial charge on any atom is -0.346 e. The minimum atomic E-state index is -0.561. The zero-order valence-electron chi connectivity index (χ0n) is 16.2. The summed E-state index contributed by atoms with van der Waals surface area (Å²) in [6.07, 6.45) is 20.8. The second-order valence-electron chi connectivity index (χ2n) is 8.38. The molecule has 4 aliphatic rings. The van der Waals surface area contributed by atoms with E-state index in [-0.39, 0.29) is 13.8 Å². The normalized spacial score (nSPS) is 29.9. The minimum absolute atomic E-state index is 0.0926. The average molecular weight is 372 g/mol. The lowest BCUT2D eigenvalue weighted by molar-refractivity contribution is -0.157. The Morgan fingerprint density at radius 1 is 0.923 bits per heavy atom. The Bertz CT molecular complexity index is 575. The Morgan fingerprint density at radius 2 is 1.50 bits per heavy atom. The van der Waals surface area contributed by atoms with Crippen LogP contribution in [0.2, 0.25) is 0 Å². The second kappa shape index (κ2) is 8.60. The maximum atomic E-state index is 6.11. The fourth-order valence-electron chi connectivity index (χ4n) is 5.27. The van der Waals surface area contributed by atoms with Gasteiger partial charge in [-0.05, 0) is 55.3 Å². The molecule has 3 aliphatic carbocycles. The molecule has 0 aromatic carbocycles. The molecule has 0 aromatic rings. The maximum Gasteiger partial charge on any atom is 0.183 e. The Morgan fingerprint density at radius 3 is 2.08 bits per heavy atom. The van der Waals surface area contributed by atoms with Gasteiger partial charge in [0.15, 0.2) is 5.79 Å². The summed E-state index contributed by atoms with van der Waals surface area (Å²) in [6, 6.07) is 0. The van der Waals surface area contributed by atoms with Crippen LogP contribution < -0.4 is 0 Å². The van der Waals surface area contributed by atoms with E-state index in [1.165, 1.54) is 64.2 Å². The quantitative estimate of drug-likeness (QED) is 0.447. The molecule has 0 amide bonds. The lowest BCUT2D eigenvalue weighted by Crippen LogP contribution is -2.37. The monoisotopic (exact) mass is 372 g/mol. The van der Waals surface area contributed by atoms with Gasteiger partial charge in [0.1, 0.15) is 0 Å². The molecule has 2 saturated carbocycles. The van der Waals surface area contributed by atoms with E-state index < -0.39 is 5.79 Å². The summed E-state index contributed by atoms with van der Waals surface area (Å²) in [5.41, 5.74) is 1.77. The molecule has 1 heterocycles. The molecule has 1 atom stereocenters. The Kier molecular flexibility index (Phi) is 6.20. The van der Waals surface area contributed by atoms with Gasteiger partial charge in [-0.3, -0.25) is 0 Å². The summed E-state index contributed by atoms with van der Waals surface area (Å²) in [4.78, 5) is 0. The van der Waals surface area contributed by atoms with E-state index in [1.54, 1.807) is 5.31 Å². The Balaban J connectivity index is 1.68. The van der Waals surface area contributed by atoms with Crippen molar-refractivity contribution in [2.45, 2.75) is 88.2 Å². The van der Waals surface area contributed by atoms with Crippen LogP contribution in [-0.4, -0.2) is 30.3 Å². The average Bonchev–Trinajstić information content (AvgIpc) is 2.98. The zero-order valence-corrected chi connectivity index (χ0v) is 17.1. The molecule has 0 spiro atoms. The zero-order chi connectivity index (χ0) is 17.8. The van der Waals surface area contributed by atoms with Crippen LogP contribution in [-0.2, 0) is 9.47 Å². The van der Waals surface area contributed by atoms with Gasteiger partial charge in [-0.2, -0.15) is 0 Å². The van der Waals surface area contributed by atoms with Crippen molar-refractivity contribution in [1.82, 2.24) is 0 Å². The van der Waals surface area contributed by atoms with E-state index in [0.717, 1.165) is 11.3 Å². The number of ether oxygens (including phenoxy) is 2. The van der Waals surface area contributed by atoms with Gasteiger partial charge in [0.2, 0.25) is 0 Å². The van der Waals surface area contributed by atoms with Gasteiger partial charge in [0, 0.05) is 0 Å². The van der Waals surface area contributed by atoms with E-state index in [4.69, 9.17) is 9.47 Å². The van der Waals surface area contributed by atoms with Crippen LogP contribution in [0.15, 0.2) is 23.5 Å². The molecular formula is C23H33O2P. The molecule has 3 heteroatoms. The first-order valence-electron chi connectivity index (χ1n) is 10.7. The van der Waals surface area contributed by atoms with Crippen molar-refractivity contribution in [3.63, 3.8) is 0 Å². The number of hydrogen-bond donors (Lipinski definition) is 0. The summed E-state index contributed by atoms with van der Waals surface area (Å²) in [5, 5.41) is 1.57. The van der Waals surface area contributed by atoms with Gasteiger partial charge in [0.25, 0.3) is 0 Å². The van der Waals surface area contributed by atoms with Crippen molar-refractivity contribution in [1.29, 1.82) is 0 Å². The molecule has 4 rings (SSSR count). The van der Waals surface area contributed by atoms with E-state index >= 15 is 0 Å². The highest BCUT2D eigenvalue weighted by molar-refractivity contribution is 7.63. The highest BCUT2D eigenvalue weighted by atomic mass is 31.1. The standard InChI is InChI=1S/C23H33O2P/c1-23(24-17-18-25-23)21-15-9-4-10-16-22(21)26(19-11-5-2-6-12-19)20-13-7-3-8-14-20/h4,10,16,19-21H,2-3,5-8,11-14,17-18H2,1H3. The van der Waals surface area contributed by atoms with E-state index in [0.29, 0.717) is 13.2 Å². The molecule has 2 nitrogen and oxygen atoms in total. The van der Waals surface area contributed by atoms with Crippen LogP contribution in [0.4, 0.5) is 0 Å². The molecule has 0 radical (unpaired) electrons. The highest BCUT2D eigenvalue weighted by Gasteiger charge is 2.45. The summed E-state index contributed by atoms with van der Waals surface area (Å²) in [6.45, 7) is 3.51. The van der Waals surface area contributed by atoms with Gasteiger partial charge in [-0.1, -0.05) is 70.4 Å². The van der Waals surface area contributed by atoms with Crippen molar-refractivity contribution < 1.29 is 9.47 Å². The van der Waals surface area contributed by atoms with Crippen molar-refractivity contribution in [2.24, 2.45) is 5.92 Å². The fourth-order valence-corrected chi connectivity index (χ4v) is 9.40. The summed E-state index contributed by atoms with van der Waals surface area (Å²) >= 11 is 0. The van der Waals surface area contributed by atoms with Crippen molar-refractivity contribution in [3.8, 4) is 11.8 Å². The van der Waals surface area contributed by atoms with Gasteiger partial charge in [-0.25, -0.2) is 0 Å². The summed E-state index contributed by atoms with van der Waals surface area (Å²) in [7, 11) is -0.172. The molecule has 1 aliphatic heterocycles. The molecule has 1 unspecified atom stereocenters. The van der Waals surface area contributed by atoms with E-state index in [1.807, 2.05) is 6.08 Å². The summed E-state index contributed by atoms with van der Waals surface area (Å²) in [5.74, 6) is 6.32. The third kappa shape index (κ3) is 3.96. The smallest absolute Gasteiger partial charge is 0.183 e. The van der Waals surface area contributed by atoms with Crippen LogP contribution in [0.1, 0.15) is 71.1 Å². The summed E-state index contributed by atoms with van der Waals surface area (Å²) < 4.78 is 12.2. The Labute approximate surface area is 160 Å². The number of rotatable bonds is 4. The number of hydrogen-bond acceptors (Lipinski definition) is 2. The number of allylic oxidation sites excluding steroid dienone is 3. The van der Waals surface area contributed by atoms with Gasteiger partial charge in [0.05, 0.1) is 19.1 Å². The third-order valence-corrected chi connectivity index (χ3v) is 10.2. The maximum absolute atomic E-state index is 6.11. The third-order valence-electron chi connectivity index (χ3n) is 6.59. The van der Waals surface area contributed by atoms with E-state index in [9.17, 15) is 0 Å². The molecular weight excluding hydrogens is 339 g/mol. The van der Waals surface area contributed by atoms with E-state index in [2.05, 4.69) is 30.9 Å². The SMILES string of the molecule is CC1(C2C#CC=CC=C2P(C2CCCCC2)C2CCCCC2)OCCO1. The van der Waals surface area contributed by atoms with Crippen molar-refractivity contribution >= 4 is 7.92 Å². The predicted octanol–water partition coefficient (Wildman–Crippen LogP) is 5.97. The molecule has 0 N–H and O–H groups in total.